The molecule has 0 fully saturated rings. The van der Waals surface area contributed by atoms with Gasteiger partial charge in [0.1, 0.15) is 0 Å². The van der Waals surface area contributed by atoms with Crippen LogP contribution >= 0.6 is 0 Å². The fourth-order valence-electron chi connectivity index (χ4n) is 2.26. The van der Waals surface area contributed by atoms with E-state index in [0.717, 1.165) is 11.3 Å². The van der Waals surface area contributed by atoms with E-state index in [-0.39, 0.29) is 16.7 Å². The van der Waals surface area contributed by atoms with E-state index in [2.05, 4.69) is 31.3 Å². The zero-order chi connectivity index (χ0) is 14.7. The molecule has 0 aliphatic rings. The van der Waals surface area contributed by atoms with Crippen molar-refractivity contribution >= 4 is 11.4 Å². The lowest BCUT2D eigenvalue weighted by Crippen LogP contribution is -2.09. The molecule has 1 N–H and O–H groups in total. The van der Waals surface area contributed by atoms with Crippen molar-refractivity contribution in [2.24, 2.45) is 0 Å². The number of benzene rings is 2. The molecule has 4 heteroatoms. The smallest absolute Gasteiger partial charge is 0.271 e. The molecule has 0 bridgehead atoms. The van der Waals surface area contributed by atoms with Gasteiger partial charge in [-0.05, 0) is 37.5 Å². The lowest BCUT2D eigenvalue weighted by atomic mass is 10.0. The molecule has 20 heavy (non-hydrogen) atoms. The minimum atomic E-state index is -0.372. The second-order valence-electron chi connectivity index (χ2n) is 4.98. The number of nitro groups is 1. The van der Waals surface area contributed by atoms with Crippen molar-refractivity contribution in [3.8, 4) is 0 Å². The van der Waals surface area contributed by atoms with Crippen LogP contribution in [0, 0.1) is 24.0 Å². The van der Waals surface area contributed by atoms with E-state index >= 15 is 0 Å². The van der Waals surface area contributed by atoms with Gasteiger partial charge in [0.25, 0.3) is 5.69 Å². The molecule has 4 nitrogen and oxygen atoms in total. The van der Waals surface area contributed by atoms with E-state index in [1.165, 1.54) is 17.2 Å². The van der Waals surface area contributed by atoms with Crippen LogP contribution in [0.3, 0.4) is 0 Å². The van der Waals surface area contributed by atoms with Gasteiger partial charge < -0.3 is 5.32 Å². The number of aryl methyl sites for hydroxylation is 2. The molecule has 0 aromatic heterocycles. The van der Waals surface area contributed by atoms with Crippen molar-refractivity contribution in [3.63, 3.8) is 0 Å². The minimum Gasteiger partial charge on any atom is -0.378 e. The zero-order valence-electron chi connectivity index (χ0n) is 11.9. The monoisotopic (exact) mass is 270 g/mol. The first-order chi connectivity index (χ1) is 9.49. The quantitative estimate of drug-likeness (QED) is 0.662. The van der Waals surface area contributed by atoms with E-state index in [4.69, 9.17) is 0 Å². The van der Waals surface area contributed by atoms with Crippen LogP contribution in [0.5, 0.6) is 0 Å². The van der Waals surface area contributed by atoms with Gasteiger partial charge in [0.05, 0.1) is 4.92 Å². The summed E-state index contributed by atoms with van der Waals surface area (Å²) < 4.78 is 0. The van der Waals surface area contributed by atoms with Crippen molar-refractivity contribution in [1.29, 1.82) is 0 Å². The molecule has 0 amide bonds. The maximum Gasteiger partial charge on any atom is 0.271 e. The van der Waals surface area contributed by atoms with E-state index < -0.39 is 0 Å². The van der Waals surface area contributed by atoms with Gasteiger partial charge >= 0.3 is 0 Å². The molecule has 0 saturated heterocycles. The van der Waals surface area contributed by atoms with Gasteiger partial charge in [0.15, 0.2) is 0 Å². The van der Waals surface area contributed by atoms with Crippen LogP contribution in [0.15, 0.2) is 42.5 Å². The van der Waals surface area contributed by atoms with Crippen molar-refractivity contribution in [2.75, 3.05) is 5.32 Å². The largest absolute Gasteiger partial charge is 0.378 e. The molecule has 0 heterocycles. The van der Waals surface area contributed by atoms with Gasteiger partial charge in [-0.3, -0.25) is 10.1 Å². The van der Waals surface area contributed by atoms with Crippen molar-refractivity contribution in [1.82, 2.24) is 0 Å². The number of hydrogen-bond acceptors (Lipinski definition) is 3. The summed E-state index contributed by atoms with van der Waals surface area (Å²) in [6.45, 7) is 6.06. The number of nitrogens with one attached hydrogen (secondary N) is 1. The Morgan fingerprint density at radius 2 is 1.80 bits per heavy atom. The van der Waals surface area contributed by atoms with Gasteiger partial charge in [-0.2, -0.15) is 0 Å². The first-order valence-electron chi connectivity index (χ1n) is 6.56. The van der Waals surface area contributed by atoms with Crippen LogP contribution in [0.25, 0.3) is 0 Å². The van der Waals surface area contributed by atoms with E-state index in [9.17, 15) is 10.1 Å². The molecular weight excluding hydrogens is 252 g/mol. The van der Waals surface area contributed by atoms with Crippen molar-refractivity contribution in [3.05, 3.63) is 69.3 Å². The maximum absolute atomic E-state index is 10.9. The summed E-state index contributed by atoms with van der Waals surface area (Å²) in [6, 6.07) is 13.1. The first kappa shape index (κ1) is 14.1. The van der Waals surface area contributed by atoms with Gasteiger partial charge in [-0.1, -0.05) is 30.3 Å². The predicted octanol–water partition coefficient (Wildman–Crippen LogP) is 4.38. The Morgan fingerprint density at radius 1 is 1.10 bits per heavy atom. The summed E-state index contributed by atoms with van der Waals surface area (Å²) in [6.07, 6.45) is 0. The highest BCUT2D eigenvalue weighted by atomic mass is 16.6. The number of anilines is 1. The molecule has 2 rings (SSSR count). The highest BCUT2D eigenvalue weighted by molar-refractivity contribution is 5.58. The summed E-state index contributed by atoms with van der Waals surface area (Å²) >= 11 is 0. The summed E-state index contributed by atoms with van der Waals surface area (Å²) in [5.41, 5.74) is 4.30. The molecular formula is C16H18N2O2. The third kappa shape index (κ3) is 2.96. The summed E-state index contributed by atoms with van der Waals surface area (Å²) in [7, 11) is 0. The van der Waals surface area contributed by atoms with Gasteiger partial charge in [0, 0.05) is 23.9 Å². The number of nitro benzene ring substituents is 1. The Morgan fingerprint density at radius 3 is 2.45 bits per heavy atom. The Balaban J connectivity index is 2.28. The van der Waals surface area contributed by atoms with Crippen LogP contribution in [0.1, 0.15) is 29.7 Å². The van der Waals surface area contributed by atoms with Crippen LogP contribution in [-0.2, 0) is 0 Å². The average molecular weight is 270 g/mol. The Labute approximate surface area is 118 Å². The second kappa shape index (κ2) is 5.74. The summed E-state index contributed by atoms with van der Waals surface area (Å²) in [5, 5.41) is 14.2. The van der Waals surface area contributed by atoms with E-state index in [1.807, 2.05) is 19.1 Å². The zero-order valence-corrected chi connectivity index (χ0v) is 11.9. The number of rotatable bonds is 4. The molecule has 0 saturated carbocycles. The highest BCUT2D eigenvalue weighted by Gasteiger charge is 2.12. The SMILES string of the molecule is Cc1ccc([N+](=O)[O-])cc1NC(C)c1ccccc1C. The molecule has 0 radical (unpaired) electrons. The minimum absolute atomic E-state index is 0.0944. The Bertz CT molecular complexity index is 638. The molecule has 104 valence electrons. The standard InChI is InChI=1S/C16H18N2O2/c1-11-6-4-5-7-15(11)13(3)17-16-10-14(18(19)20)9-8-12(16)2/h4-10,13,17H,1-3H3. The van der Waals surface area contributed by atoms with E-state index in [1.54, 1.807) is 12.1 Å². The number of nitrogens with zero attached hydrogens (tertiary/aromatic N) is 1. The van der Waals surface area contributed by atoms with Gasteiger partial charge in [0.2, 0.25) is 0 Å². The predicted molar refractivity (Wildman–Crippen MR) is 81.1 cm³/mol. The van der Waals surface area contributed by atoms with Gasteiger partial charge in [-0.15, -0.1) is 0 Å². The fourth-order valence-corrected chi connectivity index (χ4v) is 2.26. The second-order valence-corrected chi connectivity index (χ2v) is 4.98. The molecule has 0 aliphatic heterocycles. The lowest BCUT2D eigenvalue weighted by molar-refractivity contribution is -0.384. The third-order valence-electron chi connectivity index (χ3n) is 3.46. The summed E-state index contributed by atoms with van der Waals surface area (Å²) in [4.78, 5) is 10.5. The first-order valence-corrected chi connectivity index (χ1v) is 6.56. The normalized spacial score (nSPS) is 11.9. The van der Waals surface area contributed by atoms with Crippen molar-refractivity contribution < 1.29 is 4.92 Å². The van der Waals surface area contributed by atoms with Crippen LogP contribution in [0.4, 0.5) is 11.4 Å². The van der Waals surface area contributed by atoms with Crippen molar-refractivity contribution in [2.45, 2.75) is 26.8 Å². The molecule has 0 aliphatic carbocycles. The topological polar surface area (TPSA) is 55.2 Å². The molecule has 1 atom stereocenters. The highest BCUT2D eigenvalue weighted by Crippen LogP contribution is 2.27. The van der Waals surface area contributed by atoms with Gasteiger partial charge in [-0.25, -0.2) is 0 Å². The third-order valence-corrected chi connectivity index (χ3v) is 3.46. The average Bonchev–Trinajstić information content (AvgIpc) is 2.41. The molecule has 0 spiro atoms. The lowest BCUT2D eigenvalue weighted by Gasteiger charge is -2.19. The maximum atomic E-state index is 10.9. The molecule has 1 unspecified atom stereocenters. The number of hydrogen-bond donors (Lipinski definition) is 1. The molecule has 2 aromatic carbocycles. The van der Waals surface area contributed by atoms with E-state index in [0.29, 0.717) is 0 Å². The van der Waals surface area contributed by atoms with Crippen LogP contribution in [0.2, 0.25) is 0 Å². The summed E-state index contributed by atoms with van der Waals surface area (Å²) in [5.74, 6) is 0. The van der Waals surface area contributed by atoms with Crippen LogP contribution in [-0.4, -0.2) is 4.92 Å². The Hall–Kier alpha value is -2.36. The Kier molecular flexibility index (Phi) is 4.03. The van der Waals surface area contributed by atoms with Crippen LogP contribution < -0.4 is 5.32 Å². The number of non-ortho nitro benzene ring substituents is 1. The molecule has 2 aromatic rings. The fraction of sp³-hybridized carbons (Fsp3) is 0.250.